The summed E-state index contributed by atoms with van der Waals surface area (Å²) in [5.74, 6) is -0.824. The molecule has 10 heteroatoms. The average molecular weight is 830 g/mol. The van der Waals surface area contributed by atoms with Gasteiger partial charge in [0.15, 0.2) is 6.10 Å². The fourth-order valence-electron chi connectivity index (χ4n) is 7.04. The fraction of sp³-hybridized carbons (Fsp3) is 0.915. The van der Waals surface area contributed by atoms with E-state index in [-0.39, 0.29) is 38.6 Å². The van der Waals surface area contributed by atoms with Crippen molar-refractivity contribution in [2.45, 2.75) is 251 Å². The quantitative estimate of drug-likeness (QED) is 0.0266. The topological polar surface area (TPSA) is 134 Å². The number of esters is 2. The molecule has 0 heterocycles. The Kier molecular flexibility index (Phi) is 43.3. The van der Waals surface area contributed by atoms with Crippen LogP contribution in [-0.2, 0) is 32.7 Å². The van der Waals surface area contributed by atoms with Crippen molar-refractivity contribution in [3.05, 3.63) is 12.2 Å². The van der Waals surface area contributed by atoms with E-state index in [1.54, 1.807) is 0 Å². The van der Waals surface area contributed by atoms with Crippen LogP contribution < -0.4 is 5.73 Å². The minimum absolute atomic E-state index is 0.0550. The van der Waals surface area contributed by atoms with Crippen molar-refractivity contribution >= 4 is 19.8 Å². The van der Waals surface area contributed by atoms with Crippen molar-refractivity contribution < 1.29 is 37.6 Å². The summed E-state index contributed by atoms with van der Waals surface area (Å²) >= 11 is 0. The van der Waals surface area contributed by atoms with Gasteiger partial charge in [-0.25, -0.2) is 4.57 Å². The predicted octanol–water partition coefficient (Wildman–Crippen LogP) is 14.2. The molecule has 1 unspecified atom stereocenters. The average Bonchev–Trinajstić information content (AvgIpc) is 3.20. The Morgan fingerprint density at radius 3 is 1.25 bits per heavy atom. The van der Waals surface area contributed by atoms with Gasteiger partial charge in [0, 0.05) is 19.4 Å². The molecule has 9 nitrogen and oxygen atoms in total. The minimum atomic E-state index is -4.38. The highest BCUT2D eigenvalue weighted by Gasteiger charge is 2.26. The highest BCUT2D eigenvalue weighted by atomic mass is 31.2. The number of ether oxygens (including phenoxy) is 2. The summed E-state index contributed by atoms with van der Waals surface area (Å²) < 4.78 is 32.9. The maximum Gasteiger partial charge on any atom is 0.472 e. The summed E-state index contributed by atoms with van der Waals surface area (Å²) in [4.78, 5) is 34.9. The van der Waals surface area contributed by atoms with Crippen LogP contribution in [-0.4, -0.2) is 49.3 Å². The van der Waals surface area contributed by atoms with Crippen molar-refractivity contribution in [1.82, 2.24) is 0 Å². The summed E-state index contributed by atoms with van der Waals surface area (Å²) in [6, 6.07) is 0. The van der Waals surface area contributed by atoms with Crippen LogP contribution in [0.15, 0.2) is 12.2 Å². The third-order valence-corrected chi connectivity index (χ3v) is 11.6. The monoisotopic (exact) mass is 830 g/mol. The second-order valence-corrected chi connectivity index (χ2v) is 17.8. The molecule has 0 fully saturated rings. The largest absolute Gasteiger partial charge is 0.472 e. The number of carbonyl (C=O) groups is 2. The first kappa shape index (κ1) is 55.8. The molecule has 0 rings (SSSR count). The Hall–Kier alpha value is -1.25. The van der Waals surface area contributed by atoms with Gasteiger partial charge in [-0.1, -0.05) is 206 Å². The fourth-order valence-corrected chi connectivity index (χ4v) is 7.81. The molecule has 0 aliphatic carbocycles. The van der Waals surface area contributed by atoms with E-state index in [1.807, 2.05) is 0 Å². The first-order chi connectivity index (χ1) is 27.8. The van der Waals surface area contributed by atoms with Gasteiger partial charge in [0.1, 0.15) is 6.61 Å². The van der Waals surface area contributed by atoms with Crippen molar-refractivity contribution in [2.24, 2.45) is 5.73 Å². The first-order valence-electron chi connectivity index (χ1n) is 24.2. The molecule has 2 atom stereocenters. The van der Waals surface area contributed by atoms with Gasteiger partial charge < -0.3 is 20.1 Å². The van der Waals surface area contributed by atoms with Crippen LogP contribution in [0.4, 0.5) is 0 Å². The summed E-state index contributed by atoms with van der Waals surface area (Å²) in [6.07, 6.45) is 46.8. The van der Waals surface area contributed by atoms with Gasteiger partial charge >= 0.3 is 19.8 Å². The number of unbranched alkanes of at least 4 members (excludes halogenated alkanes) is 31. The van der Waals surface area contributed by atoms with Crippen molar-refractivity contribution in [1.29, 1.82) is 0 Å². The third-order valence-electron chi connectivity index (χ3n) is 10.7. The van der Waals surface area contributed by atoms with Crippen molar-refractivity contribution in [3.63, 3.8) is 0 Å². The van der Waals surface area contributed by atoms with E-state index in [0.29, 0.717) is 6.42 Å². The lowest BCUT2D eigenvalue weighted by atomic mass is 10.0. The molecule has 0 aliphatic rings. The lowest BCUT2D eigenvalue weighted by Gasteiger charge is -2.19. The molecule has 0 amide bonds. The van der Waals surface area contributed by atoms with E-state index in [2.05, 4.69) is 26.0 Å². The molecule has 0 radical (unpaired) electrons. The maximum atomic E-state index is 12.6. The second-order valence-electron chi connectivity index (χ2n) is 16.3. The standard InChI is InChI=1S/C47H92NO8P/c1-3-5-7-9-11-13-15-17-19-20-21-22-23-24-26-27-29-31-33-35-37-39-46(49)53-43-45(44-55-57(51,52)54-42-41-48)56-47(50)40-38-36-34-32-30-28-25-18-16-14-12-10-8-6-4-2/h18,25,45H,3-17,19-24,26-44,48H2,1-2H3,(H,51,52)/b25-18+/t45-/m0/s1. The van der Waals surface area contributed by atoms with E-state index in [9.17, 15) is 19.0 Å². The Morgan fingerprint density at radius 2 is 0.860 bits per heavy atom. The Morgan fingerprint density at radius 1 is 0.509 bits per heavy atom. The van der Waals surface area contributed by atoms with Crippen molar-refractivity contribution in [2.75, 3.05) is 26.4 Å². The van der Waals surface area contributed by atoms with Crippen LogP contribution >= 0.6 is 7.82 Å². The molecule has 0 saturated heterocycles. The third kappa shape index (κ3) is 44.1. The molecule has 0 aromatic rings. The van der Waals surface area contributed by atoms with E-state index < -0.39 is 26.5 Å². The van der Waals surface area contributed by atoms with E-state index in [4.69, 9.17) is 24.3 Å². The number of phosphoric ester groups is 1. The summed E-state index contributed by atoms with van der Waals surface area (Å²) in [5, 5.41) is 0. The zero-order valence-corrected chi connectivity index (χ0v) is 38.2. The lowest BCUT2D eigenvalue weighted by molar-refractivity contribution is -0.161. The van der Waals surface area contributed by atoms with Gasteiger partial charge in [-0.15, -0.1) is 0 Å². The number of hydrogen-bond donors (Lipinski definition) is 2. The highest BCUT2D eigenvalue weighted by Crippen LogP contribution is 2.43. The molecule has 0 saturated carbocycles. The maximum absolute atomic E-state index is 12.6. The number of nitrogens with two attached hydrogens (primary N) is 1. The number of carbonyl (C=O) groups excluding carboxylic acids is 2. The highest BCUT2D eigenvalue weighted by molar-refractivity contribution is 7.47. The van der Waals surface area contributed by atoms with Gasteiger partial charge in [-0.05, 0) is 38.5 Å². The number of hydrogen-bond acceptors (Lipinski definition) is 8. The zero-order valence-electron chi connectivity index (χ0n) is 37.3. The summed E-state index contributed by atoms with van der Waals surface area (Å²) in [6.45, 7) is 3.76. The summed E-state index contributed by atoms with van der Waals surface area (Å²) in [7, 11) is -4.38. The zero-order chi connectivity index (χ0) is 41.8. The molecule has 0 bridgehead atoms. The van der Waals surface area contributed by atoms with E-state index in [1.165, 1.54) is 161 Å². The van der Waals surface area contributed by atoms with Crippen LogP contribution in [0.3, 0.4) is 0 Å². The van der Waals surface area contributed by atoms with E-state index >= 15 is 0 Å². The number of phosphoric acid groups is 1. The SMILES string of the molecule is CCCCCCCC/C=C/CCCCCCCC(=O)O[C@@H](COC(=O)CCCCCCCCCCCCCCCCCCCCCCC)COP(=O)(O)OCCN. The van der Waals surface area contributed by atoms with Crippen LogP contribution in [0.5, 0.6) is 0 Å². The first-order valence-corrected chi connectivity index (χ1v) is 25.7. The molecule has 0 aliphatic heterocycles. The lowest BCUT2D eigenvalue weighted by Crippen LogP contribution is -2.29. The van der Waals surface area contributed by atoms with Crippen molar-refractivity contribution in [3.8, 4) is 0 Å². The van der Waals surface area contributed by atoms with Gasteiger partial charge in [0.05, 0.1) is 13.2 Å². The van der Waals surface area contributed by atoms with Crippen LogP contribution in [0.1, 0.15) is 245 Å². The van der Waals surface area contributed by atoms with Gasteiger partial charge in [-0.3, -0.25) is 18.6 Å². The summed E-state index contributed by atoms with van der Waals surface area (Å²) in [5.41, 5.74) is 5.36. The van der Waals surface area contributed by atoms with E-state index in [0.717, 1.165) is 51.4 Å². The molecular formula is C47H92NO8P. The predicted molar refractivity (Wildman–Crippen MR) is 238 cm³/mol. The molecule has 57 heavy (non-hydrogen) atoms. The number of allylic oxidation sites excluding steroid dienone is 2. The molecule has 0 spiro atoms. The molecule has 0 aromatic heterocycles. The Bertz CT molecular complexity index is 948. The Balaban J connectivity index is 4.02. The molecule has 3 N–H and O–H groups in total. The van der Waals surface area contributed by atoms with Crippen LogP contribution in [0.25, 0.3) is 0 Å². The van der Waals surface area contributed by atoms with Gasteiger partial charge in [0.2, 0.25) is 0 Å². The van der Waals surface area contributed by atoms with Gasteiger partial charge in [-0.2, -0.15) is 0 Å². The second kappa shape index (κ2) is 44.3. The molecule has 0 aromatic carbocycles. The molecule has 338 valence electrons. The Labute approximate surface area is 351 Å². The molecular weight excluding hydrogens is 737 g/mol. The normalized spacial score (nSPS) is 13.3. The number of rotatable bonds is 46. The van der Waals surface area contributed by atoms with Gasteiger partial charge in [0.25, 0.3) is 0 Å². The van der Waals surface area contributed by atoms with Crippen LogP contribution in [0, 0.1) is 0 Å². The smallest absolute Gasteiger partial charge is 0.462 e. The minimum Gasteiger partial charge on any atom is -0.462 e. The van der Waals surface area contributed by atoms with Crippen LogP contribution in [0.2, 0.25) is 0 Å².